The molecule has 0 spiro atoms. The second-order valence-corrected chi connectivity index (χ2v) is 4.54. The van der Waals surface area contributed by atoms with E-state index in [1.54, 1.807) is 23.6 Å². The summed E-state index contributed by atoms with van der Waals surface area (Å²) in [5, 5.41) is 5.85. The van der Waals surface area contributed by atoms with Crippen molar-refractivity contribution in [3.8, 4) is 0 Å². The van der Waals surface area contributed by atoms with Gasteiger partial charge in [0.05, 0.1) is 5.01 Å². The van der Waals surface area contributed by atoms with Gasteiger partial charge in [-0.15, -0.1) is 11.3 Å². The average Bonchev–Trinajstić information content (AvgIpc) is 2.75. The highest BCUT2D eigenvalue weighted by Crippen LogP contribution is 2.16. The van der Waals surface area contributed by atoms with Gasteiger partial charge in [0.1, 0.15) is 5.82 Å². The van der Waals surface area contributed by atoms with Gasteiger partial charge in [-0.25, -0.2) is 9.37 Å². The largest absolute Gasteiger partial charge is 0.316 e. The van der Waals surface area contributed by atoms with E-state index in [0.717, 1.165) is 10.6 Å². The molecule has 0 radical (unpaired) electrons. The van der Waals surface area contributed by atoms with E-state index in [1.165, 1.54) is 0 Å². The van der Waals surface area contributed by atoms with Gasteiger partial charge in [-0.05, 0) is 24.2 Å². The minimum absolute atomic E-state index is 0.150. The van der Waals surface area contributed by atoms with Gasteiger partial charge in [-0.1, -0.05) is 12.1 Å². The predicted octanol–water partition coefficient (Wildman–Crippen LogP) is 2.59. The van der Waals surface area contributed by atoms with Crippen molar-refractivity contribution >= 4 is 11.3 Å². The van der Waals surface area contributed by atoms with E-state index >= 15 is 0 Å². The summed E-state index contributed by atoms with van der Waals surface area (Å²) in [5.41, 5.74) is 1.66. The van der Waals surface area contributed by atoms with E-state index in [-0.39, 0.29) is 5.82 Å². The van der Waals surface area contributed by atoms with E-state index < -0.39 is 0 Å². The summed E-state index contributed by atoms with van der Waals surface area (Å²) in [7, 11) is 1.85. The maximum absolute atomic E-state index is 13.7. The highest BCUT2D eigenvalue weighted by atomic mass is 32.1. The molecule has 0 saturated heterocycles. The number of thiazole rings is 1. The zero-order chi connectivity index (χ0) is 11.4. The fourth-order valence-electron chi connectivity index (χ4n) is 1.55. The Morgan fingerprint density at radius 1 is 1.44 bits per heavy atom. The Balaban J connectivity index is 2.16. The molecule has 2 aromatic rings. The molecular weight excluding hydrogens is 223 g/mol. The van der Waals surface area contributed by atoms with Crippen molar-refractivity contribution in [3.05, 3.63) is 51.7 Å². The van der Waals surface area contributed by atoms with Crippen LogP contribution in [0.3, 0.4) is 0 Å². The molecule has 0 unspecified atom stereocenters. The third-order valence-corrected chi connectivity index (χ3v) is 3.10. The molecule has 2 rings (SSSR count). The van der Waals surface area contributed by atoms with Crippen LogP contribution in [0.15, 0.2) is 29.8 Å². The van der Waals surface area contributed by atoms with Crippen molar-refractivity contribution in [1.29, 1.82) is 0 Å². The molecule has 0 bridgehead atoms. The van der Waals surface area contributed by atoms with E-state index in [2.05, 4.69) is 10.3 Å². The minimum atomic E-state index is -0.150. The Kier molecular flexibility index (Phi) is 3.64. The van der Waals surface area contributed by atoms with Crippen molar-refractivity contribution in [1.82, 2.24) is 10.3 Å². The molecule has 0 fully saturated rings. The summed E-state index contributed by atoms with van der Waals surface area (Å²) < 4.78 is 13.7. The van der Waals surface area contributed by atoms with Crippen LogP contribution < -0.4 is 5.32 Å². The molecule has 0 amide bonds. The lowest BCUT2D eigenvalue weighted by Gasteiger charge is -2.04. The van der Waals surface area contributed by atoms with Crippen LogP contribution in [-0.2, 0) is 13.0 Å². The molecule has 2 nitrogen and oxygen atoms in total. The van der Waals surface area contributed by atoms with E-state index in [1.807, 2.05) is 24.6 Å². The Labute approximate surface area is 98.2 Å². The summed E-state index contributed by atoms with van der Waals surface area (Å²) in [6.07, 6.45) is 2.32. The summed E-state index contributed by atoms with van der Waals surface area (Å²) in [5.74, 6) is -0.150. The summed E-state index contributed by atoms with van der Waals surface area (Å²) in [4.78, 5) is 4.15. The van der Waals surface area contributed by atoms with E-state index in [4.69, 9.17) is 0 Å². The molecule has 0 saturated carbocycles. The van der Waals surface area contributed by atoms with Crippen molar-refractivity contribution in [3.63, 3.8) is 0 Å². The first-order valence-corrected chi connectivity index (χ1v) is 5.98. The number of hydrogen-bond acceptors (Lipinski definition) is 3. The lowest BCUT2D eigenvalue weighted by atomic mass is 10.1. The Bertz CT molecular complexity index is 454. The molecule has 1 aromatic carbocycles. The zero-order valence-corrected chi connectivity index (χ0v) is 9.85. The lowest BCUT2D eigenvalue weighted by molar-refractivity contribution is 0.610. The topological polar surface area (TPSA) is 24.9 Å². The van der Waals surface area contributed by atoms with Crippen LogP contribution in [0.1, 0.15) is 16.1 Å². The fraction of sp³-hybridized carbons (Fsp3) is 0.250. The molecule has 0 aliphatic heterocycles. The highest BCUT2D eigenvalue weighted by molar-refractivity contribution is 7.09. The summed E-state index contributed by atoms with van der Waals surface area (Å²) in [6, 6.07) is 5.37. The van der Waals surface area contributed by atoms with Crippen LogP contribution in [0, 0.1) is 5.82 Å². The molecule has 1 aromatic heterocycles. The Hall–Kier alpha value is -1.26. The maximum atomic E-state index is 13.7. The van der Waals surface area contributed by atoms with Crippen LogP contribution >= 0.6 is 11.3 Å². The summed E-state index contributed by atoms with van der Waals surface area (Å²) >= 11 is 1.55. The third-order valence-electron chi connectivity index (χ3n) is 2.32. The average molecular weight is 236 g/mol. The van der Waals surface area contributed by atoms with Gasteiger partial charge in [-0.2, -0.15) is 0 Å². The van der Waals surface area contributed by atoms with E-state index in [9.17, 15) is 4.39 Å². The molecule has 0 atom stereocenters. The van der Waals surface area contributed by atoms with Crippen LogP contribution in [0.5, 0.6) is 0 Å². The zero-order valence-electron chi connectivity index (χ0n) is 9.03. The number of nitrogens with zero attached hydrogens (tertiary/aromatic N) is 1. The highest BCUT2D eigenvalue weighted by Gasteiger charge is 2.05. The third kappa shape index (κ3) is 2.65. The van der Waals surface area contributed by atoms with Gasteiger partial charge < -0.3 is 5.32 Å². The fourth-order valence-corrected chi connectivity index (χ4v) is 2.19. The molecular formula is C12H13FN2S. The maximum Gasteiger partial charge on any atom is 0.127 e. The number of benzene rings is 1. The van der Waals surface area contributed by atoms with Gasteiger partial charge in [-0.3, -0.25) is 0 Å². The first kappa shape index (κ1) is 11.2. The Morgan fingerprint density at radius 2 is 2.31 bits per heavy atom. The van der Waals surface area contributed by atoms with Crippen molar-refractivity contribution < 1.29 is 4.39 Å². The first-order chi connectivity index (χ1) is 7.79. The molecule has 1 heterocycles. The van der Waals surface area contributed by atoms with Crippen molar-refractivity contribution in [2.75, 3.05) is 7.05 Å². The summed E-state index contributed by atoms with van der Waals surface area (Å²) in [6.45, 7) is 0.689. The van der Waals surface area contributed by atoms with Gasteiger partial charge in [0, 0.05) is 24.5 Å². The number of aromatic nitrogens is 1. The van der Waals surface area contributed by atoms with Gasteiger partial charge in [0.2, 0.25) is 0 Å². The van der Waals surface area contributed by atoms with Gasteiger partial charge in [0.15, 0.2) is 0 Å². The molecule has 84 valence electrons. The van der Waals surface area contributed by atoms with Gasteiger partial charge >= 0.3 is 0 Å². The molecule has 0 aliphatic carbocycles. The van der Waals surface area contributed by atoms with Crippen molar-refractivity contribution in [2.24, 2.45) is 0 Å². The first-order valence-electron chi connectivity index (χ1n) is 5.10. The number of nitrogens with one attached hydrogen (secondary N) is 1. The van der Waals surface area contributed by atoms with Crippen LogP contribution in [-0.4, -0.2) is 12.0 Å². The second kappa shape index (κ2) is 5.18. The quantitative estimate of drug-likeness (QED) is 0.882. The smallest absolute Gasteiger partial charge is 0.127 e. The SMILES string of the molecule is CNCc1ccc(Cc2nccs2)c(F)c1. The minimum Gasteiger partial charge on any atom is -0.316 e. The second-order valence-electron chi connectivity index (χ2n) is 3.56. The standard InChI is InChI=1S/C12H13FN2S/c1-14-8-9-2-3-10(11(13)6-9)7-12-15-4-5-16-12/h2-6,14H,7-8H2,1H3. The van der Waals surface area contributed by atoms with Gasteiger partial charge in [0.25, 0.3) is 0 Å². The monoisotopic (exact) mass is 236 g/mol. The number of rotatable bonds is 4. The van der Waals surface area contributed by atoms with Crippen molar-refractivity contribution in [2.45, 2.75) is 13.0 Å². The molecule has 16 heavy (non-hydrogen) atoms. The number of hydrogen-bond donors (Lipinski definition) is 1. The predicted molar refractivity (Wildman–Crippen MR) is 64.1 cm³/mol. The molecule has 0 aliphatic rings. The van der Waals surface area contributed by atoms with Crippen LogP contribution in [0.2, 0.25) is 0 Å². The number of halogens is 1. The lowest BCUT2D eigenvalue weighted by Crippen LogP contribution is -2.05. The van der Waals surface area contributed by atoms with Crippen LogP contribution in [0.4, 0.5) is 4.39 Å². The molecule has 4 heteroatoms. The Morgan fingerprint density at radius 3 is 2.94 bits per heavy atom. The normalized spacial score (nSPS) is 10.6. The molecule has 1 N–H and O–H groups in total. The van der Waals surface area contributed by atoms with E-state index in [0.29, 0.717) is 18.5 Å². The van der Waals surface area contributed by atoms with Crippen LogP contribution in [0.25, 0.3) is 0 Å².